The third-order valence-corrected chi connectivity index (χ3v) is 2.58. The SMILES string of the molecule is Clc1cc(OCc2cn3ccccc3n2)cnn1. The molecule has 3 rings (SSSR count). The molecule has 0 spiro atoms. The Kier molecular flexibility index (Phi) is 2.82. The summed E-state index contributed by atoms with van der Waals surface area (Å²) in [7, 11) is 0. The molecule has 3 aromatic rings. The van der Waals surface area contributed by atoms with Crippen molar-refractivity contribution in [3.8, 4) is 5.75 Å². The molecule has 3 aromatic heterocycles. The van der Waals surface area contributed by atoms with Crippen molar-refractivity contribution in [1.82, 2.24) is 19.6 Å². The number of rotatable bonds is 3. The first-order valence-electron chi connectivity index (χ1n) is 5.35. The van der Waals surface area contributed by atoms with Crippen LogP contribution in [-0.2, 0) is 6.61 Å². The Morgan fingerprint density at radius 2 is 2.28 bits per heavy atom. The van der Waals surface area contributed by atoms with E-state index < -0.39 is 0 Å². The van der Waals surface area contributed by atoms with Crippen LogP contribution in [0.25, 0.3) is 5.65 Å². The second kappa shape index (κ2) is 4.62. The van der Waals surface area contributed by atoms with Gasteiger partial charge >= 0.3 is 0 Å². The van der Waals surface area contributed by atoms with Gasteiger partial charge in [-0.1, -0.05) is 17.7 Å². The molecule has 0 aliphatic heterocycles. The number of aromatic nitrogens is 4. The third kappa shape index (κ3) is 2.26. The summed E-state index contributed by atoms with van der Waals surface area (Å²) >= 11 is 5.72. The lowest BCUT2D eigenvalue weighted by molar-refractivity contribution is 0.300. The number of imidazole rings is 1. The summed E-state index contributed by atoms with van der Waals surface area (Å²) < 4.78 is 7.48. The molecule has 90 valence electrons. The first kappa shape index (κ1) is 11.0. The highest BCUT2D eigenvalue weighted by atomic mass is 35.5. The van der Waals surface area contributed by atoms with Crippen molar-refractivity contribution in [2.75, 3.05) is 0 Å². The van der Waals surface area contributed by atoms with Gasteiger partial charge in [-0.3, -0.25) is 0 Å². The zero-order valence-electron chi connectivity index (χ0n) is 9.32. The fourth-order valence-electron chi connectivity index (χ4n) is 1.62. The van der Waals surface area contributed by atoms with Crippen molar-refractivity contribution in [1.29, 1.82) is 0 Å². The van der Waals surface area contributed by atoms with E-state index >= 15 is 0 Å². The van der Waals surface area contributed by atoms with Crippen LogP contribution in [0.3, 0.4) is 0 Å². The summed E-state index contributed by atoms with van der Waals surface area (Å²) in [5.41, 5.74) is 1.73. The van der Waals surface area contributed by atoms with Crippen LogP contribution in [-0.4, -0.2) is 19.6 Å². The Balaban J connectivity index is 1.76. The molecule has 0 radical (unpaired) electrons. The standard InChI is InChI=1S/C12H9ClN4O/c13-11-5-10(6-14-16-11)18-8-9-7-17-4-2-1-3-12(17)15-9/h1-7H,8H2. The van der Waals surface area contributed by atoms with Crippen molar-refractivity contribution >= 4 is 17.2 Å². The Morgan fingerprint density at radius 1 is 1.33 bits per heavy atom. The minimum atomic E-state index is 0.308. The van der Waals surface area contributed by atoms with Crippen molar-refractivity contribution in [2.24, 2.45) is 0 Å². The summed E-state index contributed by atoms with van der Waals surface area (Å²) in [4.78, 5) is 4.42. The molecule has 0 unspecified atom stereocenters. The van der Waals surface area contributed by atoms with E-state index in [1.54, 1.807) is 6.07 Å². The van der Waals surface area contributed by atoms with Gasteiger partial charge in [0.15, 0.2) is 5.15 Å². The van der Waals surface area contributed by atoms with E-state index in [4.69, 9.17) is 16.3 Å². The molecule has 0 atom stereocenters. The summed E-state index contributed by atoms with van der Waals surface area (Å²) in [6.07, 6.45) is 5.38. The van der Waals surface area contributed by atoms with Gasteiger partial charge in [0.25, 0.3) is 0 Å². The Labute approximate surface area is 108 Å². The van der Waals surface area contributed by atoms with E-state index in [9.17, 15) is 0 Å². The average Bonchev–Trinajstić information content (AvgIpc) is 2.79. The lowest BCUT2D eigenvalue weighted by Crippen LogP contribution is -1.96. The highest BCUT2D eigenvalue weighted by Crippen LogP contribution is 2.14. The van der Waals surface area contributed by atoms with Gasteiger partial charge in [0.2, 0.25) is 0 Å². The molecule has 5 nitrogen and oxygen atoms in total. The molecule has 0 aromatic carbocycles. The second-order valence-corrected chi connectivity index (χ2v) is 4.09. The number of fused-ring (bicyclic) bond motifs is 1. The van der Waals surface area contributed by atoms with Crippen LogP contribution in [0.4, 0.5) is 0 Å². The number of pyridine rings is 1. The fraction of sp³-hybridized carbons (Fsp3) is 0.0833. The minimum Gasteiger partial charge on any atom is -0.485 e. The summed E-state index contributed by atoms with van der Waals surface area (Å²) in [6, 6.07) is 7.45. The van der Waals surface area contributed by atoms with E-state index in [1.807, 2.05) is 35.0 Å². The van der Waals surface area contributed by atoms with Crippen molar-refractivity contribution in [2.45, 2.75) is 6.61 Å². The molecule has 0 fully saturated rings. The van der Waals surface area contributed by atoms with Gasteiger partial charge in [-0.05, 0) is 12.1 Å². The molecule has 6 heteroatoms. The van der Waals surface area contributed by atoms with E-state index in [0.29, 0.717) is 17.5 Å². The van der Waals surface area contributed by atoms with Crippen LogP contribution in [0.5, 0.6) is 5.75 Å². The van der Waals surface area contributed by atoms with Gasteiger partial charge < -0.3 is 9.14 Å². The molecule has 0 aliphatic rings. The minimum absolute atomic E-state index is 0.308. The number of hydrogen-bond donors (Lipinski definition) is 0. The van der Waals surface area contributed by atoms with Crippen molar-refractivity contribution < 1.29 is 4.74 Å². The maximum Gasteiger partial charge on any atom is 0.155 e. The quantitative estimate of drug-likeness (QED) is 0.725. The normalized spacial score (nSPS) is 10.7. The monoisotopic (exact) mass is 260 g/mol. The molecule has 0 aliphatic carbocycles. The predicted octanol–water partition coefficient (Wildman–Crippen LogP) is 2.36. The Hall–Kier alpha value is -2.14. The molecule has 0 amide bonds. The molecule has 0 N–H and O–H groups in total. The molecule has 0 saturated heterocycles. The number of nitrogens with zero attached hydrogens (tertiary/aromatic N) is 4. The predicted molar refractivity (Wildman–Crippen MR) is 66.6 cm³/mol. The van der Waals surface area contributed by atoms with Gasteiger partial charge in [-0.25, -0.2) is 4.98 Å². The van der Waals surface area contributed by atoms with Crippen LogP contribution < -0.4 is 4.74 Å². The molecular formula is C12H9ClN4O. The van der Waals surface area contributed by atoms with Crippen molar-refractivity contribution in [3.05, 3.63) is 53.7 Å². The highest BCUT2D eigenvalue weighted by Gasteiger charge is 2.02. The largest absolute Gasteiger partial charge is 0.485 e. The van der Waals surface area contributed by atoms with E-state index in [1.165, 1.54) is 6.20 Å². The maximum absolute atomic E-state index is 5.72. The topological polar surface area (TPSA) is 52.3 Å². The maximum atomic E-state index is 5.72. The smallest absolute Gasteiger partial charge is 0.155 e. The van der Waals surface area contributed by atoms with Gasteiger partial charge in [-0.15, -0.1) is 5.10 Å². The van der Waals surface area contributed by atoms with Gasteiger partial charge in [0, 0.05) is 18.5 Å². The van der Waals surface area contributed by atoms with E-state index in [-0.39, 0.29) is 0 Å². The summed E-state index contributed by atoms with van der Waals surface area (Å²) in [5.74, 6) is 0.576. The zero-order valence-corrected chi connectivity index (χ0v) is 10.1. The molecule has 18 heavy (non-hydrogen) atoms. The van der Waals surface area contributed by atoms with Crippen LogP contribution in [0.2, 0.25) is 5.15 Å². The first-order chi connectivity index (χ1) is 8.81. The molecule has 0 saturated carbocycles. The Bertz CT molecular complexity index is 649. The van der Waals surface area contributed by atoms with Crippen LogP contribution in [0.1, 0.15) is 5.69 Å². The highest BCUT2D eigenvalue weighted by molar-refractivity contribution is 6.29. The van der Waals surface area contributed by atoms with Crippen LogP contribution in [0.15, 0.2) is 42.9 Å². The number of halogens is 1. The average molecular weight is 261 g/mol. The van der Waals surface area contributed by atoms with Crippen LogP contribution >= 0.6 is 11.6 Å². The number of ether oxygens (including phenoxy) is 1. The molecular weight excluding hydrogens is 252 g/mol. The van der Waals surface area contributed by atoms with Crippen molar-refractivity contribution in [3.63, 3.8) is 0 Å². The van der Waals surface area contributed by atoms with Gasteiger partial charge in [-0.2, -0.15) is 5.10 Å². The van der Waals surface area contributed by atoms with Gasteiger partial charge in [0.05, 0.1) is 11.9 Å². The van der Waals surface area contributed by atoms with Crippen LogP contribution in [0, 0.1) is 0 Å². The van der Waals surface area contributed by atoms with Gasteiger partial charge in [0.1, 0.15) is 18.0 Å². The molecule has 0 bridgehead atoms. The zero-order chi connectivity index (χ0) is 12.4. The third-order valence-electron chi connectivity index (χ3n) is 2.40. The van der Waals surface area contributed by atoms with E-state index in [0.717, 1.165) is 11.3 Å². The summed E-state index contributed by atoms with van der Waals surface area (Å²) in [5, 5.41) is 7.66. The molecule has 3 heterocycles. The first-order valence-corrected chi connectivity index (χ1v) is 5.73. The Morgan fingerprint density at radius 3 is 3.11 bits per heavy atom. The fourth-order valence-corrected chi connectivity index (χ4v) is 1.77. The lowest BCUT2D eigenvalue weighted by Gasteiger charge is -2.02. The summed E-state index contributed by atoms with van der Waals surface area (Å²) in [6.45, 7) is 0.365. The lowest BCUT2D eigenvalue weighted by atomic mass is 10.5. The van der Waals surface area contributed by atoms with E-state index in [2.05, 4.69) is 15.2 Å². The second-order valence-electron chi connectivity index (χ2n) is 3.70. The number of hydrogen-bond acceptors (Lipinski definition) is 4.